The van der Waals surface area contributed by atoms with Crippen molar-refractivity contribution in [3.8, 4) is 5.75 Å². The molecule has 1 N–H and O–H groups in total. The summed E-state index contributed by atoms with van der Waals surface area (Å²) in [6, 6.07) is 3.48. The molecule has 0 amide bonds. The Kier molecular flexibility index (Phi) is 3.95. The molecule has 3 rings (SSSR count). The number of ether oxygens (including phenoxy) is 1. The summed E-state index contributed by atoms with van der Waals surface area (Å²) in [5, 5.41) is 9.30. The van der Waals surface area contributed by atoms with Gasteiger partial charge in [-0.25, -0.2) is 8.42 Å². The van der Waals surface area contributed by atoms with E-state index >= 15 is 0 Å². The van der Waals surface area contributed by atoms with E-state index in [1.807, 2.05) is 6.92 Å². The quantitative estimate of drug-likeness (QED) is 0.912. The van der Waals surface area contributed by atoms with E-state index in [0.29, 0.717) is 41.1 Å². The molecule has 0 spiro atoms. The summed E-state index contributed by atoms with van der Waals surface area (Å²) in [5.41, 5.74) is 1.53. The van der Waals surface area contributed by atoms with Gasteiger partial charge < -0.3 is 9.84 Å². The number of methoxy groups -OCH3 is 1. The molecule has 0 unspecified atom stereocenters. The average molecular weight is 325 g/mol. The SMILES string of the molecule is COc1cc(C)c(S(=O)(=O)N2C[C@H]3C[C@H](CO)[C@H]3C2)cc1C. The highest BCUT2D eigenvalue weighted by Gasteiger charge is 2.49. The Morgan fingerprint density at radius 2 is 2.00 bits per heavy atom. The predicted octanol–water partition coefficient (Wildman–Crippen LogP) is 1.56. The van der Waals surface area contributed by atoms with Gasteiger partial charge in [0.15, 0.2) is 0 Å². The maximum atomic E-state index is 12.9. The van der Waals surface area contributed by atoms with Crippen molar-refractivity contribution in [3.63, 3.8) is 0 Å². The molecule has 3 atom stereocenters. The molecule has 1 aromatic rings. The lowest BCUT2D eigenvalue weighted by Crippen LogP contribution is -2.37. The average Bonchev–Trinajstić information content (AvgIpc) is 2.80. The zero-order valence-electron chi connectivity index (χ0n) is 13.2. The Morgan fingerprint density at radius 3 is 2.64 bits per heavy atom. The Morgan fingerprint density at radius 1 is 1.27 bits per heavy atom. The molecule has 1 saturated heterocycles. The van der Waals surface area contributed by atoms with Gasteiger partial charge in [0.1, 0.15) is 5.75 Å². The lowest BCUT2D eigenvalue weighted by Gasteiger charge is -2.38. The fraction of sp³-hybridized carbons (Fsp3) is 0.625. The Balaban J connectivity index is 1.90. The highest BCUT2D eigenvalue weighted by Crippen LogP contribution is 2.47. The van der Waals surface area contributed by atoms with Gasteiger partial charge in [-0.3, -0.25) is 0 Å². The minimum Gasteiger partial charge on any atom is -0.496 e. The third-order valence-corrected chi connectivity index (χ3v) is 7.19. The maximum absolute atomic E-state index is 12.9. The molecule has 0 aromatic heterocycles. The molecule has 0 bridgehead atoms. The molecule has 22 heavy (non-hydrogen) atoms. The first-order valence-corrected chi connectivity index (χ1v) is 9.08. The molecule has 122 valence electrons. The number of aryl methyl sites for hydroxylation is 2. The van der Waals surface area contributed by atoms with Gasteiger partial charge in [-0.2, -0.15) is 4.31 Å². The van der Waals surface area contributed by atoms with Crippen LogP contribution in [0.4, 0.5) is 0 Å². The van der Waals surface area contributed by atoms with E-state index in [4.69, 9.17) is 4.74 Å². The first-order chi connectivity index (χ1) is 10.4. The molecule has 1 saturated carbocycles. The summed E-state index contributed by atoms with van der Waals surface area (Å²) in [4.78, 5) is 0.368. The number of rotatable bonds is 4. The second kappa shape index (κ2) is 5.51. The van der Waals surface area contributed by atoms with Gasteiger partial charge in [-0.1, -0.05) is 0 Å². The molecule has 2 aliphatic rings. The van der Waals surface area contributed by atoms with E-state index in [-0.39, 0.29) is 12.5 Å². The normalized spacial score (nSPS) is 28.3. The number of benzene rings is 1. The van der Waals surface area contributed by atoms with Gasteiger partial charge in [0.2, 0.25) is 10.0 Å². The Hall–Kier alpha value is -1.11. The maximum Gasteiger partial charge on any atom is 0.243 e. The summed E-state index contributed by atoms with van der Waals surface area (Å²) in [7, 11) is -1.89. The van der Waals surface area contributed by atoms with Crippen LogP contribution >= 0.6 is 0 Å². The molecule has 1 aromatic carbocycles. The van der Waals surface area contributed by atoms with Crippen LogP contribution in [0.3, 0.4) is 0 Å². The highest BCUT2D eigenvalue weighted by molar-refractivity contribution is 7.89. The largest absolute Gasteiger partial charge is 0.496 e. The fourth-order valence-electron chi connectivity index (χ4n) is 3.81. The van der Waals surface area contributed by atoms with Crippen molar-refractivity contribution >= 4 is 10.0 Å². The molecular formula is C16H23NO4S. The zero-order valence-corrected chi connectivity index (χ0v) is 14.1. The van der Waals surface area contributed by atoms with Crippen molar-refractivity contribution in [2.75, 3.05) is 26.8 Å². The molecule has 1 aliphatic heterocycles. The molecule has 5 nitrogen and oxygen atoms in total. The van der Waals surface area contributed by atoms with Crippen LogP contribution in [0.25, 0.3) is 0 Å². The first kappa shape index (κ1) is 15.8. The summed E-state index contributed by atoms with van der Waals surface area (Å²) in [6.07, 6.45) is 0.938. The van der Waals surface area contributed by atoms with Crippen LogP contribution in [0.1, 0.15) is 17.5 Å². The number of nitrogens with zero attached hydrogens (tertiary/aromatic N) is 1. The van der Waals surface area contributed by atoms with E-state index in [1.54, 1.807) is 30.5 Å². The van der Waals surface area contributed by atoms with Crippen LogP contribution in [0.5, 0.6) is 5.75 Å². The summed E-state index contributed by atoms with van der Waals surface area (Å²) >= 11 is 0. The number of hydrogen-bond donors (Lipinski definition) is 1. The topological polar surface area (TPSA) is 66.8 Å². The lowest BCUT2D eigenvalue weighted by molar-refractivity contribution is 0.0578. The van der Waals surface area contributed by atoms with E-state index in [9.17, 15) is 13.5 Å². The van der Waals surface area contributed by atoms with Crippen LogP contribution in [0.15, 0.2) is 17.0 Å². The van der Waals surface area contributed by atoms with Crippen molar-refractivity contribution in [2.45, 2.75) is 25.2 Å². The van der Waals surface area contributed by atoms with Crippen molar-refractivity contribution < 1.29 is 18.3 Å². The van der Waals surface area contributed by atoms with Gasteiger partial charge >= 0.3 is 0 Å². The van der Waals surface area contributed by atoms with Gasteiger partial charge in [0, 0.05) is 19.7 Å². The van der Waals surface area contributed by atoms with Crippen LogP contribution in [-0.2, 0) is 10.0 Å². The molecular weight excluding hydrogens is 302 g/mol. The Bertz CT molecular complexity index is 686. The number of sulfonamides is 1. The van der Waals surface area contributed by atoms with Crippen molar-refractivity contribution in [1.82, 2.24) is 4.31 Å². The predicted molar refractivity (Wildman–Crippen MR) is 83.4 cm³/mol. The minimum atomic E-state index is -3.48. The van der Waals surface area contributed by atoms with E-state index in [2.05, 4.69) is 0 Å². The van der Waals surface area contributed by atoms with Gasteiger partial charge in [-0.15, -0.1) is 0 Å². The molecule has 1 aliphatic carbocycles. The summed E-state index contributed by atoms with van der Waals surface area (Å²) in [5.74, 6) is 1.70. The zero-order chi connectivity index (χ0) is 16.1. The van der Waals surface area contributed by atoms with Crippen LogP contribution < -0.4 is 4.74 Å². The third kappa shape index (κ3) is 2.33. The van der Waals surface area contributed by atoms with Gasteiger partial charge in [0.25, 0.3) is 0 Å². The number of aliphatic hydroxyl groups is 1. The minimum absolute atomic E-state index is 0.162. The van der Waals surface area contributed by atoms with Crippen LogP contribution in [-0.4, -0.2) is 44.6 Å². The van der Waals surface area contributed by atoms with Crippen LogP contribution in [0.2, 0.25) is 0 Å². The van der Waals surface area contributed by atoms with Gasteiger partial charge in [0.05, 0.1) is 12.0 Å². The molecule has 2 fully saturated rings. The smallest absolute Gasteiger partial charge is 0.243 e. The molecule has 1 heterocycles. The van der Waals surface area contributed by atoms with E-state index in [0.717, 1.165) is 12.0 Å². The first-order valence-electron chi connectivity index (χ1n) is 7.64. The van der Waals surface area contributed by atoms with E-state index in [1.165, 1.54) is 0 Å². The number of aliphatic hydroxyl groups excluding tert-OH is 1. The summed E-state index contributed by atoms with van der Waals surface area (Å²) in [6.45, 7) is 4.93. The number of hydrogen-bond acceptors (Lipinski definition) is 4. The third-order valence-electron chi connectivity index (χ3n) is 5.21. The number of fused-ring (bicyclic) bond motifs is 1. The fourth-order valence-corrected chi connectivity index (χ4v) is 5.64. The van der Waals surface area contributed by atoms with Crippen molar-refractivity contribution in [2.24, 2.45) is 17.8 Å². The monoisotopic (exact) mass is 325 g/mol. The van der Waals surface area contributed by atoms with E-state index < -0.39 is 10.0 Å². The van der Waals surface area contributed by atoms with Crippen molar-refractivity contribution in [3.05, 3.63) is 23.3 Å². The van der Waals surface area contributed by atoms with Gasteiger partial charge in [-0.05, 0) is 61.3 Å². The molecule has 6 heteroatoms. The second-order valence-electron chi connectivity index (χ2n) is 6.51. The Labute approximate surface area is 131 Å². The standard InChI is InChI=1S/C16H23NO4S/c1-10-5-16(11(2)4-15(10)21-3)22(19,20)17-7-12-6-13(9-18)14(12)8-17/h4-5,12-14,18H,6-9H2,1-3H3/t12-,13-,14+/m1/s1. The van der Waals surface area contributed by atoms with Crippen LogP contribution in [0, 0.1) is 31.6 Å². The molecule has 0 radical (unpaired) electrons. The summed E-state index contributed by atoms with van der Waals surface area (Å²) < 4.78 is 32.7. The second-order valence-corrected chi connectivity index (χ2v) is 8.42. The lowest BCUT2D eigenvalue weighted by atomic mass is 9.67. The highest BCUT2D eigenvalue weighted by atomic mass is 32.2. The van der Waals surface area contributed by atoms with Crippen molar-refractivity contribution in [1.29, 1.82) is 0 Å².